The van der Waals surface area contributed by atoms with E-state index in [1.807, 2.05) is 12.3 Å². The molecule has 5 heterocycles. The molecule has 0 unspecified atom stereocenters. The first-order valence-electron chi connectivity index (χ1n) is 13.6. The van der Waals surface area contributed by atoms with Crippen molar-refractivity contribution in [1.82, 2.24) is 24.3 Å². The van der Waals surface area contributed by atoms with Gasteiger partial charge < -0.3 is 4.40 Å². The maximum absolute atomic E-state index is 5.04. The van der Waals surface area contributed by atoms with Gasteiger partial charge in [0.05, 0.1) is 32.8 Å². The molecular weight excluding hydrogens is 480 g/mol. The van der Waals surface area contributed by atoms with E-state index in [0.29, 0.717) is 5.82 Å². The number of nitrogens with zero attached hydrogens (tertiary/aromatic N) is 6. The first kappa shape index (κ1) is 23.9. The summed E-state index contributed by atoms with van der Waals surface area (Å²) in [6.07, 6.45) is 4.05. The van der Waals surface area contributed by atoms with Crippen molar-refractivity contribution in [1.29, 1.82) is 0 Å². The minimum atomic E-state index is -0.200. The van der Waals surface area contributed by atoms with Gasteiger partial charge >= 0.3 is 0 Å². The molecule has 0 fully saturated rings. The molecule has 0 N–H and O–H groups in total. The minimum Gasteiger partial charge on any atom is -0.306 e. The van der Waals surface area contributed by atoms with Crippen LogP contribution in [0.1, 0.15) is 58.8 Å². The lowest BCUT2D eigenvalue weighted by Gasteiger charge is -2.23. The molecule has 0 amide bonds. The molecule has 39 heavy (non-hydrogen) atoms. The molecule has 0 aliphatic heterocycles. The van der Waals surface area contributed by atoms with Gasteiger partial charge in [0.2, 0.25) is 5.52 Å². The maximum atomic E-state index is 5.04. The number of aromatic nitrogens is 6. The third-order valence-corrected chi connectivity index (χ3v) is 7.82. The Morgan fingerprint density at radius 2 is 1.51 bits per heavy atom. The molecule has 0 bridgehead atoms. The zero-order valence-corrected chi connectivity index (χ0v) is 23.9. The summed E-state index contributed by atoms with van der Waals surface area (Å²) in [4.78, 5) is 19.8. The predicted molar refractivity (Wildman–Crippen MR) is 159 cm³/mol. The van der Waals surface area contributed by atoms with Gasteiger partial charge in [0.25, 0.3) is 0 Å². The number of rotatable bonds is 1. The highest BCUT2D eigenvalue weighted by Crippen LogP contribution is 2.41. The van der Waals surface area contributed by atoms with Gasteiger partial charge in [-0.25, -0.2) is 19.5 Å². The molecule has 0 radical (unpaired) electrons. The van der Waals surface area contributed by atoms with E-state index in [-0.39, 0.29) is 10.8 Å². The Balaban J connectivity index is 1.70. The van der Waals surface area contributed by atoms with Crippen LogP contribution in [0.2, 0.25) is 0 Å². The molecule has 6 nitrogen and oxygen atoms in total. The van der Waals surface area contributed by atoms with E-state index in [1.165, 1.54) is 38.1 Å². The lowest BCUT2D eigenvalue weighted by Crippen LogP contribution is -2.29. The van der Waals surface area contributed by atoms with E-state index in [4.69, 9.17) is 19.9 Å². The van der Waals surface area contributed by atoms with E-state index < -0.39 is 0 Å². The number of aryl methyl sites for hydroxylation is 2. The van der Waals surface area contributed by atoms with Crippen LogP contribution in [0.15, 0.2) is 54.9 Å². The van der Waals surface area contributed by atoms with Crippen LogP contribution in [-0.2, 0) is 17.9 Å². The second-order valence-corrected chi connectivity index (χ2v) is 12.9. The first-order valence-corrected chi connectivity index (χ1v) is 13.6. The molecule has 0 atom stereocenters. The number of hydrogen-bond donors (Lipinski definition) is 0. The van der Waals surface area contributed by atoms with Crippen LogP contribution >= 0.6 is 0 Å². The lowest BCUT2D eigenvalue weighted by molar-refractivity contribution is -0.643. The Hall–Kier alpha value is -4.19. The van der Waals surface area contributed by atoms with Gasteiger partial charge in [-0.3, -0.25) is 4.98 Å². The average molecular weight is 514 g/mol. The van der Waals surface area contributed by atoms with Crippen LogP contribution in [0, 0.1) is 6.92 Å². The van der Waals surface area contributed by atoms with Crippen LogP contribution in [-0.4, -0.2) is 24.3 Å². The van der Waals surface area contributed by atoms with Crippen molar-refractivity contribution >= 4 is 49.1 Å². The minimum absolute atomic E-state index is 0.200. The van der Waals surface area contributed by atoms with E-state index in [0.717, 1.165) is 33.8 Å². The lowest BCUT2D eigenvalue weighted by atomic mass is 9.92. The van der Waals surface area contributed by atoms with Crippen LogP contribution in [0.25, 0.3) is 60.5 Å². The zero-order chi connectivity index (χ0) is 27.4. The highest BCUT2D eigenvalue weighted by molar-refractivity contribution is 6.25. The van der Waals surface area contributed by atoms with Crippen LogP contribution < -0.4 is 4.57 Å². The fourth-order valence-electron chi connectivity index (χ4n) is 5.83. The van der Waals surface area contributed by atoms with Gasteiger partial charge in [-0.2, -0.15) is 0 Å². The van der Waals surface area contributed by atoms with E-state index in [9.17, 15) is 0 Å². The standard InChI is InChI=1S/C33H33N6/c1-18-11-12-21-26-22(10-9-14-34-26)39-23-17-20(16-19-13-15-38(8)28(25(19)23)24(18)27(21)39)29-35-30(32(2,3)4)37-31(36-29)33(5,6)7/h9-17H,1-8H3/q+1. The van der Waals surface area contributed by atoms with Crippen molar-refractivity contribution in [2.75, 3.05) is 0 Å². The van der Waals surface area contributed by atoms with Gasteiger partial charge in [0, 0.05) is 34.0 Å². The molecular formula is C33H33N6+. The van der Waals surface area contributed by atoms with Gasteiger partial charge in [-0.15, -0.1) is 0 Å². The quantitative estimate of drug-likeness (QED) is 0.135. The monoisotopic (exact) mass is 513 g/mol. The van der Waals surface area contributed by atoms with Crippen molar-refractivity contribution in [3.8, 4) is 11.4 Å². The summed E-state index contributed by atoms with van der Waals surface area (Å²) < 4.78 is 4.65. The number of benzene rings is 2. The Kier molecular flexibility index (Phi) is 4.71. The molecule has 0 saturated heterocycles. The summed E-state index contributed by atoms with van der Waals surface area (Å²) in [5.41, 5.74) is 7.55. The number of fused-ring (bicyclic) bond motifs is 5. The maximum Gasteiger partial charge on any atom is 0.224 e. The summed E-state index contributed by atoms with van der Waals surface area (Å²) in [7, 11) is 2.14. The summed E-state index contributed by atoms with van der Waals surface area (Å²) in [5, 5.41) is 4.83. The number of hydrogen-bond acceptors (Lipinski definition) is 4. The second kappa shape index (κ2) is 7.69. The molecule has 5 aromatic heterocycles. The highest BCUT2D eigenvalue weighted by atomic mass is 15.1. The van der Waals surface area contributed by atoms with Gasteiger partial charge in [0.15, 0.2) is 12.0 Å². The van der Waals surface area contributed by atoms with Crippen molar-refractivity contribution in [3.05, 3.63) is 72.1 Å². The topological polar surface area (TPSA) is 59.9 Å². The first-order chi connectivity index (χ1) is 18.4. The molecule has 7 rings (SSSR count). The molecule has 0 aliphatic carbocycles. The van der Waals surface area contributed by atoms with Crippen molar-refractivity contribution < 1.29 is 4.57 Å². The number of pyridine rings is 3. The fraction of sp³-hybridized carbons (Fsp3) is 0.303. The predicted octanol–water partition coefficient (Wildman–Crippen LogP) is 6.96. The molecule has 0 aliphatic rings. The molecule has 0 saturated carbocycles. The molecule has 6 heteroatoms. The molecule has 2 aromatic carbocycles. The summed E-state index contributed by atoms with van der Waals surface area (Å²) in [6.45, 7) is 15.1. The molecule has 7 aromatic rings. The second-order valence-electron chi connectivity index (χ2n) is 12.9. The van der Waals surface area contributed by atoms with Crippen LogP contribution in [0.3, 0.4) is 0 Å². The third-order valence-electron chi connectivity index (χ3n) is 7.82. The van der Waals surface area contributed by atoms with Crippen molar-refractivity contribution in [3.63, 3.8) is 0 Å². The van der Waals surface area contributed by atoms with E-state index in [1.54, 1.807) is 0 Å². The van der Waals surface area contributed by atoms with Crippen molar-refractivity contribution in [2.45, 2.75) is 59.3 Å². The van der Waals surface area contributed by atoms with Crippen LogP contribution in [0.4, 0.5) is 0 Å². The third kappa shape index (κ3) is 3.37. The summed E-state index contributed by atoms with van der Waals surface area (Å²) in [6, 6.07) is 15.3. The largest absolute Gasteiger partial charge is 0.306 e. The fourth-order valence-corrected chi connectivity index (χ4v) is 5.83. The van der Waals surface area contributed by atoms with Gasteiger partial charge in [-0.05, 0) is 42.1 Å². The average Bonchev–Trinajstić information content (AvgIpc) is 3.22. The smallest absolute Gasteiger partial charge is 0.224 e. The van der Waals surface area contributed by atoms with Crippen molar-refractivity contribution in [2.24, 2.45) is 7.05 Å². The Morgan fingerprint density at radius 3 is 2.21 bits per heavy atom. The van der Waals surface area contributed by atoms with E-state index >= 15 is 0 Å². The Bertz CT molecular complexity index is 2070. The van der Waals surface area contributed by atoms with Crippen LogP contribution in [0.5, 0.6) is 0 Å². The molecule has 0 spiro atoms. The molecule has 194 valence electrons. The SMILES string of the molecule is Cc1ccc2c3ncccc3n3c4cc(-c5nc(C(C)(C)C)nc(C(C)(C)C)n5)cc5cc[n+](C)c(c1c23)c54. The van der Waals surface area contributed by atoms with Gasteiger partial charge in [0.1, 0.15) is 18.7 Å². The van der Waals surface area contributed by atoms with Gasteiger partial charge in [-0.1, -0.05) is 53.7 Å². The Labute approximate surface area is 227 Å². The highest BCUT2D eigenvalue weighted by Gasteiger charge is 2.28. The normalized spacial score (nSPS) is 13.1. The Morgan fingerprint density at radius 1 is 0.795 bits per heavy atom. The summed E-state index contributed by atoms with van der Waals surface area (Å²) in [5.74, 6) is 2.34. The zero-order valence-electron chi connectivity index (χ0n) is 23.9. The summed E-state index contributed by atoms with van der Waals surface area (Å²) >= 11 is 0. The van der Waals surface area contributed by atoms with E-state index in [2.05, 4.69) is 107 Å².